The van der Waals surface area contributed by atoms with E-state index in [4.69, 9.17) is 0 Å². The summed E-state index contributed by atoms with van der Waals surface area (Å²) in [5, 5.41) is 14.3. The molecule has 3 rings (SSSR count). The molecule has 132 valence electrons. The van der Waals surface area contributed by atoms with Crippen molar-refractivity contribution in [2.45, 2.75) is 12.1 Å². The van der Waals surface area contributed by atoms with Crippen LogP contribution in [0.1, 0.15) is 17.3 Å². The molecule has 0 saturated heterocycles. The molecule has 0 aliphatic heterocycles. The van der Waals surface area contributed by atoms with E-state index in [0.717, 1.165) is 11.8 Å². The van der Waals surface area contributed by atoms with Crippen molar-refractivity contribution in [3.63, 3.8) is 0 Å². The molecule has 1 heterocycles. The molecule has 7 nitrogen and oxygen atoms in total. The number of hydrogen-bond donors (Lipinski definition) is 1. The average Bonchev–Trinajstić information content (AvgIpc) is 3.08. The molecular weight excluding hydrogens is 357 g/mol. The van der Waals surface area contributed by atoms with Crippen LogP contribution in [0.2, 0.25) is 0 Å². The van der Waals surface area contributed by atoms with Gasteiger partial charge in [0.2, 0.25) is 11.1 Å². The Morgan fingerprint density at radius 2 is 1.96 bits per heavy atom. The second-order valence-electron chi connectivity index (χ2n) is 5.32. The molecule has 0 aliphatic carbocycles. The number of thioether (sulfide) groups is 1. The van der Waals surface area contributed by atoms with Crippen molar-refractivity contribution in [2.24, 2.45) is 0 Å². The lowest BCUT2D eigenvalue weighted by molar-refractivity contribution is -0.114. The summed E-state index contributed by atoms with van der Waals surface area (Å²) in [4.78, 5) is 23.3. The number of halogens is 1. The number of Topliss-reactive ketones (excluding diaryl/α,β-unsaturated/α-hetero) is 1. The highest BCUT2D eigenvalue weighted by Gasteiger charge is 2.13. The number of anilines is 1. The predicted octanol–water partition coefficient (Wildman–Crippen LogP) is 2.73. The highest BCUT2D eigenvalue weighted by atomic mass is 32.2. The molecule has 0 bridgehead atoms. The van der Waals surface area contributed by atoms with Crippen molar-refractivity contribution >= 4 is 29.1 Å². The van der Waals surface area contributed by atoms with Gasteiger partial charge < -0.3 is 5.32 Å². The normalized spacial score (nSPS) is 10.5. The van der Waals surface area contributed by atoms with Crippen molar-refractivity contribution in [1.29, 1.82) is 0 Å². The summed E-state index contributed by atoms with van der Waals surface area (Å²) in [5.74, 6) is -0.568. The quantitative estimate of drug-likeness (QED) is 0.529. The minimum atomic E-state index is -0.399. The number of benzene rings is 2. The molecule has 0 unspecified atom stereocenters. The molecule has 26 heavy (non-hydrogen) atoms. The maximum absolute atomic E-state index is 13.4. The Bertz CT molecular complexity index is 942. The monoisotopic (exact) mass is 371 g/mol. The first-order valence-electron chi connectivity index (χ1n) is 7.61. The number of amides is 1. The van der Waals surface area contributed by atoms with Gasteiger partial charge in [0, 0.05) is 18.2 Å². The SMILES string of the molecule is CC(=O)Nc1ccc(C(=O)CSc2nnnn2-c2cccc(F)c2)cc1. The van der Waals surface area contributed by atoms with Gasteiger partial charge >= 0.3 is 0 Å². The van der Waals surface area contributed by atoms with Gasteiger partial charge in [-0.25, -0.2) is 4.39 Å². The number of hydrogen-bond acceptors (Lipinski definition) is 6. The number of carbonyl (C=O) groups excluding carboxylic acids is 2. The van der Waals surface area contributed by atoms with Gasteiger partial charge in [-0.15, -0.1) is 5.10 Å². The summed E-state index contributed by atoms with van der Waals surface area (Å²) < 4.78 is 14.7. The molecule has 9 heteroatoms. The van der Waals surface area contributed by atoms with Gasteiger partial charge in [-0.3, -0.25) is 9.59 Å². The Morgan fingerprint density at radius 3 is 2.65 bits per heavy atom. The third kappa shape index (κ3) is 4.31. The summed E-state index contributed by atoms with van der Waals surface area (Å²) in [5.41, 5.74) is 1.61. The van der Waals surface area contributed by atoms with Gasteiger partial charge in [0.05, 0.1) is 11.4 Å². The van der Waals surface area contributed by atoms with Crippen LogP contribution in [0.15, 0.2) is 53.7 Å². The molecule has 0 saturated carbocycles. The van der Waals surface area contributed by atoms with Crippen LogP contribution in [-0.4, -0.2) is 37.7 Å². The van der Waals surface area contributed by atoms with E-state index in [2.05, 4.69) is 20.8 Å². The maximum Gasteiger partial charge on any atom is 0.221 e. The Morgan fingerprint density at radius 1 is 1.19 bits per heavy atom. The summed E-state index contributed by atoms with van der Waals surface area (Å²) in [7, 11) is 0. The number of aromatic nitrogens is 4. The van der Waals surface area contributed by atoms with Crippen molar-refractivity contribution in [2.75, 3.05) is 11.1 Å². The number of nitrogens with zero attached hydrogens (tertiary/aromatic N) is 4. The van der Waals surface area contributed by atoms with Crippen LogP contribution in [0.4, 0.5) is 10.1 Å². The van der Waals surface area contributed by atoms with E-state index in [9.17, 15) is 14.0 Å². The Labute approximate surface area is 152 Å². The number of nitrogens with one attached hydrogen (secondary N) is 1. The first-order chi connectivity index (χ1) is 12.5. The van der Waals surface area contributed by atoms with E-state index >= 15 is 0 Å². The summed E-state index contributed by atoms with van der Waals surface area (Å²) >= 11 is 1.16. The minimum absolute atomic E-state index is 0.113. The molecule has 0 atom stereocenters. The van der Waals surface area contributed by atoms with E-state index in [-0.39, 0.29) is 17.4 Å². The fourth-order valence-corrected chi connectivity index (χ4v) is 2.98. The topological polar surface area (TPSA) is 89.8 Å². The standard InChI is InChI=1S/C17H14FN5O2S/c1-11(24)19-14-7-5-12(6-8-14)16(25)10-26-17-20-21-22-23(17)15-4-2-3-13(18)9-15/h2-9H,10H2,1H3,(H,19,24). The van der Waals surface area contributed by atoms with E-state index < -0.39 is 5.82 Å². The lowest BCUT2D eigenvalue weighted by Gasteiger charge is -2.05. The Hall–Kier alpha value is -3.07. The highest BCUT2D eigenvalue weighted by Crippen LogP contribution is 2.20. The maximum atomic E-state index is 13.4. The molecule has 1 amide bonds. The largest absolute Gasteiger partial charge is 0.326 e. The molecule has 0 spiro atoms. The van der Waals surface area contributed by atoms with Gasteiger partial charge in [0.25, 0.3) is 0 Å². The molecule has 0 aliphatic rings. The van der Waals surface area contributed by atoms with Crippen LogP contribution in [0.5, 0.6) is 0 Å². The number of carbonyl (C=O) groups is 2. The fraction of sp³-hybridized carbons (Fsp3) is 0.118. The van der Waals surface area contributed by atoms with Crippen LogP contribution in [0.25, 0.3) is 5.69 Å². The third-order valence-corrected chi connectivity index (χ3v) is 4.27. The van der Waals surface area contributed by atoms with Gasteiger partial charge in [-0.2, -0.15) is 4.68 Å². The zero-order chi connectivity index (χ0) is 18.5. The number of rotatable bonds is 6. The lowest BCUT2D eigenvalue weighted by atomic mass is 10.1. The predicted molar refractivity (Wildman–Crippen MR) is 94.9 cm³/mol. The summed E-state index contributed by atoms with van der Waals surface area (Å²) in [6.45, 7) is 1.42. The van der Waals surface area contributed by atoms with E-state index in [0.29, 0.717) is 22.1 Å². The van der Waals surface area contributed by atoms with Crippen LogP contribution >= 0.6 is 11.8 Å². The van der Waals surface area contributed by atoms with Crippen LogP contribution in [0, 0.1) is 5.82 Å². The molecule has 0 radical (unpaired) electrons. The van der Waals surface area contributed by atoms with E-state index in [1.807, 2.05) is 0 Å². The smallest absolute Gasteiger partial charge is 0.221 e. The zero-order valence-electron chi connectivity index (χ0n) is 13.7. The molecule has 1 N–H and O–H groups in total. The van der Waals surface area contributed by atoms with Crippen LogP contribution in [-0.2, 0) is 4.79 Å². The van der Waals surface area contributed by atoms with Gasteiger partial charge in [-0.1, -0.05) is 17.8 Å². The average molecular weight is 371 g/mol. The molecule has 0 fully saturated rings. The first kappa shape index (κ1) is 17.7. The number of ketones is 1. The van der Waals surface area contributed by atoms with Gasteiger partial charge in [0.1, 0.15) is 5.82 Å². The zero-order valence-corrected chi connectivity index (χ0v) is 14.5. The molecule has 1 aromatic heterocycles. The van der Waals surface area contributed by atoms with Crippen LogP contribution < -0.4 is 5.32 Å². The van der Waals surface area contributed by atoms with Gasteiger partial charge in [-0.05, 0) is 52.9 Å². The van der Waals surface area contributed by atoms with Gasteiger partial charge in [0.15, 0.2) is 5.78 Å². The van der Waals surface area contributed by atoms with Crippen molar-refractivity contribution in [3.8, 4) is 5.69 Å². The summed E-state index contributed by atoms with van der Waals surface area (Å²) in [6, 6.07) is 12.5. The third-order valence-electron chi connectivity index (χ3n) is 3.35. The summed E-state index contributed by atoms with van der Waals surface area (Å²) in [6.07, 6.45) is 0. The molecule has 2 aromatic carbocycles. The van der Waals surface area contributed by atoms with Crippen molar-refractivity contribution < 1.29 is 14.0 Å². The Kier molecular flexibility index (Phi) is 5.37. The van der Waals surface area contributed by atoms with Crippen molar-refractivity contribution in [3.05, 3.63) is 59.9 Å². The lowest BCUT2D eigenvalue weighted by Crippen LogP contribution is -2.07. The fourth-order valence-electron chi connectivity index (χ4n) is 2.19. The van der Waals surface area contributed by atoms with Crippen LogP contribution in [0.3, 0.4) is 0 Å². The highest BCUT2D eigenvalue weighted by molar-refractivity contribution is 7.99. The minimum Gasteiger partial charge on any atom is -0.326 e. The second-order valence-corrected chi connectivity index (χ2v) is 6.27. The van der Waals surface area contributed by atoms with E-state index in [1.54, 1.807) is 36.4 Å². The molecular formula is C17H14FN5O2S. The first-order valence-corrected chi connectivity index (χ1v) is 8.59. The Balaban J connectivity index is 1.67. The second kappa shape index (κ2) is 7.87. The van der Waals surface area contributed by atoms with Crippen molar-refractivity contribution in [1.82, 2.24) is 20.2 Å². The van der Waals surface area contributed by atoms with E-state index in [1.165, 1.54) is 23.7 Å². The number of tetrazole rings is 1. The molecule has 3 aromatic rings.